The molecule has 27 heavy (non-hydrogen) atoms. The molecule has 5 nitrogen and oxygen atoms in total. The summed E-state index contributed by atoms with van der Waals surface area (Å²) in [6.07, 6.45) is 2.47. The molecule has 0 aliphatic heterocycles. The van der Waals surface area contributed by atoms with Crippen LogP contribution in [0, 0.1) is 17.2 Å². The lowest BCUT2D eigenvalue weighted by molar-refractivity contribution is 0.416. The number of benzene rings is 2. The molecule has 2 aromatic carbocycles. The van der Waals surface area contributed by atoms with Crippen molar-refractivity contribution in [1.29, 1.82) is 5.26 Å². The number of ether oxygens (including phenoxy) is 1. The number of anilines is 1. The Hall–Kier alpha value is -2.65. The van der Waals surface area contributed by atoms with E-state index in [2.05, 4.69) is 44.4 Å². The van der Waals surface area contributed by atoms with Gasteiger partial charge in [-0.05, 0) is 61.6 Å². The van der Waals surface area contributed by atoms with E-state index in [4.69, 9.17) is 4.74 Å². The third-order valence-electron chi connectivity index (χ3n) is 5.04. The lowest BCUT2D eigenvalue weighted by Gasteiger charge is -2.17. The number of nitriles is 1. The first-order valence-electron chi connectivity index (χ1n) is 8.91. The molecule has 1 fully saturated rings. The van der Waals surface area contributed by atoms with Crippen molar-refractivity contribution in [2.45, 2.75) is 25.8 Å². The molecule has 1 N–H and O–H groups in total. The Kier molecular flexibility index (Phi) is 4.71. The number of methoxy groups -OCH3 is 1. The molecule has 1 aliphatic carbocycles. The molecule has 0 bridgehead atoms. The average molecular weight is 423 g/mol. The summed E-state index contributed by atoms with van der Waals surface area (Å²) >= 11 is 3.52. The molecule has 1 aromatic heterocycles. The zero-order valence-electron chi connectivity index (χ0n) is 15.2. The van der Waals surface area contributed by atoms with Crippen molar-refractivity contribution in [2.75, 3.05) is 12.4 Å². The number of fused-ring (bicyclic) bond motifs is 1. The van der Waals surface area contributed by atoms with E-state index in [-0.39, 0.29) is 0 Å². The van der Waals surface area contributed by atoms with E-state index in [1.807, 2.05) is 36.4 Å². The molecule has 1 saturated carbocycles. The van der Waals surface area contributed by atoms with Gasteiger partial charge in [-0.3, -0.25) is 0 Å². The van der Waals surface area contributed by atoms with E-state index in [1.54, 1.807) is 7.11 Å². The van der Waals surface area contributed by atoms with E-state index in [0.29, 0.717) is 17.7 Å². The van der Waals surface area contributed by atoms with Gasteiger partial charge in [0.05, 0.1) is 18.3 Å². The van der Waals surface area contributed by atoms with Crippen LogP contribution in [0.5, 0.6) is 5.75 Å². The minimum Gasteiger partial charge on any atom is -0.496 e. The third-order valence-corrected chi connectivity index (χ3v) is 5.53. The minimum atomic E-state index is 0.314. The number of hydrogen-bond donors (Lipinski definition) is 1. The molecule has 6 heteroatoms. The first-order chi connectivity index (χ1) is 13.1. The van der Waals surface area contributed by atoms with Crippen LogP contribution in [0.15, 0.2) is 40.9 Å². The summed E-state index contributed by atoms with van der Waals surface area (Å²) in [5.41, 5.74) is 3.82. The quantitative estimate of drug-likeness (QED) is 0.615. The second-order valence-electron chi connectivity index (χ2n) is 6.88. The van der Waals surface area contributed by atoms with E-state index >= 15 is 0 Å². The van der Waals surface area contributed by atoms with Gasteiger partial charge in [-0.1, -0.05) is 22.0 Å². The highest BCUT2D eigenvalue weighted by Gasteiger charge is 2.29. The molecule has 1 heterocycles. The topological polar surface area (TPSA) is 70.8 Å². The highest BCUT2D eigenvalue weighted by Crippen LogP contribution is 2.37. The molecule has 1 atom stereocenters. The number of aromatic nitrogens is 2. The van der Waals surface area contributed by atoms with Crippen LogP contribution in [0.2, 0.25) is 0 Å². The first kappa shape index (κ1) is 17.7. The summed E-state index contributed by atoms with van der Waals surface area (Å²) < 4.78 is 6.48. The number of halogens is 1. The summed E-state index contributed by atoms with van der Waals surface area (Å²) in [6, 6.07) is 14.4. The Labute approximate surface area is 166 Å². The molecule has 4 rings (SSSR count). The van der Waals surface area contributed by atoms with Crippen molar-refractivity contribution >= 4 is 32.5 Å². The standard InChI is InChI=1S/C21H19BrN4O/c1-12(13-3-4-13)24-21-16-7-5-14(9-18(16)25-26-19(21)11-23)17-10-15(22)6-8-20(17)27-2/h5-10,12-13H,3-4H2,1-2H3,(H,24,25). The van der Waals surface area contributed by atoms with Crippen LogP contribution in [0.1, 0.15) is 25.5 Å². The average Bonchev–Trinajstić information content (AvgIpc) is 3.53. The second-order valence-corrected chi connectivity index (χ2v) is 7.80. The van der Waals surface area contributed by atoms with Gasteiger partial charge in [-0.25, -0.2) is 0 Å². The first-order valence-corrected chi connectivity index (χ1v) is 9.71. The maximum absolute atomic E-state index is 9.46. The van der Waals surface area contributed by atoms with Gasteiger partial charge in [-0.15, -0.1) is 10.2 Å². The normalized spacial score (nSPS) is 14.6. The van der Waals surface area contributed by atoms with Crippen LogP contribution >= 0.6 is 15.9 Å². The van der Waals surface area contributed by atoms with Gasteiger partial charge in [0.1, 0.15) is 11.8 Å². The monoisotopic (exact) mass is 422 g/mol. The number of hydrogen-bond acceptors (Lipinski definition) is 5. The Morgan fingerprint density at radius 3 is 2.74 bits per heavy atom. The molecule has 0 spiro atoms. The SMILES string of the molecule is COc1ccc(Br)cc1-c1ccc2c(NC(C)C3CC3)c(C#N)nnc2c1. The molecule has 3 aromatic rings. The molecule has 1 unspecified atom stereocenters. The summed E-state index contributed by atoms with van der Waals surface area (Å²) in [4.78, 5) is 0. The molecule has 136 valence electrons. The smallest absolute Gasteiger partial charge is 0.186 e. The van der Waals surface area contributed by atoms with Crippen molar-refractivity contribution in [1.82, 2.24) is 10.2 Å². The third kappa shape index (κ3) is 3.47. The molecule has 0 amide bonds. The lowest BCUT2D eigenvalue weighted by Crippen LogP contribution is -2.19. The summed E-state index contributed by atoms with van der Waals surface area (Å²) in [6.45, 7) is 2.16. The maximum Gasteiger partial charge on any atom is 0.186 e. The van der Waals surface area contributed by atoms with E-state index in [0.717, 1.165) is 37.9 Å². The van der Waals surface area contributed by atoms with Crippen molar-refractivity contribution in [3.05, 3.63) is 46.6 Å². The Bertz CT molecular complexity index is 1060. The molecular weight excluding hydrogens is 404 g/mol. The fourth-order valence-electron chi connectivity index (χ4n) is 3.35. The Morgan fingerprint density at radius 2 is 2.04 bits per heavy atom. The molecule has 0 saturated heterocycles. The fraction of sp³-hybridized carbons (Fsp3) is 0.286. The van der Waals surface area contributed by atoms with Crippen molar-refractivity contribution in [3.8, 4) is 22.9 Å². The van der Waals surface area contributed by atoms with Gasteiger partial charge < -0.3 is 10.1 Å². The number of rotatable bonds is 5. The highest BCUT2D eigenvalue weighted by molar-refractivity contribution is 9.10. The second kappa shape index (κ2) is 7.16. The zero-order valence-corrected chi connectivity index (χ0v) is 16.7. The van der Waals surface area contributed by atoms with Crippen LogP contribution in [0.4, 0.5) is 5.69 Å². The maximum atomic E-state index is 9.46. The Morgan fingerprint density at radius 1 is 1.22 bits per heavy atom. The van der Waals surface area contributed by atoms with E-state index in [9.17, 15) is 5.26 Å². The predicted octanol–water partition coefficient (Wildman–Crippen LogP) is 5.15. The summed E-state index contributed by atoms with van der Waals surface area (Å²) in [5, 5.41) is 22.3. The Balaban J connectivity index is 1.82. The van der Waals surface area contributed by atoms with Crippen LogP contribution in [0.3, 0.4) is 0 Å². The van der Waals surface area contributed by atoms with Crippen molar-refractivity contribution < 1.29 is 4.74 Å². The van der Waals surface area contributed by atoms with E-state index < -0.39 is 0 Å². The zero-order chi connectivity index (χ0) is 19.0. The van der Waals surface area contributed by atoms with Crippen molar-refractivity contribution in [2.24, 2.45) is 5.92 Å². The van der Waals surface area contributed by atoms with Gasteiger partial charge in [0.15, 0.2) is 5.69 Å². The number of nitrogens with one attached hydrogen (secondary N) is 1. The molecule has 0 radical (unpaired) electrons. The molecular formula is C21H19BrN4O. The van der Waals surface area contributed by atoms with Gasteiger partial charge in [0.25, 0.3) is 0 Å². The summed E-state index contributed by atoms with van der Waals surface area (Å²) in [7, 11) is 1.66. The predicted molar refractivity (Wildman–Crippen MR) is 110 cm³/mol. The van der Waals surface area contributed by atoms with Crippen LogP contribution in [0.25, 0.3) is 22.0 Å². The van der Waals surface area contributed by atoms with Crippen LogP contribution < -0.4 is 10.1 Å². The highest BCUT2D eigenvalue weighted by atomic mass is 79.9. The van der Waals surface area contributed by atoms with E-state index in [1.165, 1.54) is 12.8 Å². The summed E-state index contributed by atoms with van der Waals surface area (Å²) in [5.74, 6) is 1.46. The van der Waals surface area contributed by atoms with Crippen molar-refractivity contribution in [3.63, 3.8) is 0 Å². The fourth-order valence-corrected chi connectivity index (χ4v) is 3.71. The van der Waals surface area contributed by atoms with Gasteiger partial charge in [0, 0.05) is 21.5 Å². The largest absolute Gasteiger partial charge is 0.496 e. The van der Waals surface area contributed by atoms with Gasteiger partial charge >= 0.3 is 0 Å². The lowest BCUT2D eigenvalue weighted by atomic mass is 10.0. The van der Waals surface area contributed by atoms with Gasteiger partial charge in [0.2, 0.25) is 0 Å². The number of nitrogens with zero attached hydrogens (tertiary/aromatic N) is 3. The molecule has 1 aliphatic rings. The van der Waals surface area contributed by atoms with Gasteiger partial charge in [-0.2, -0.15) is 5.26 Å². The minimum absolute atomic E-state index is 0.314. The van der Waals surface area contributed by atoms with Crippen LogP contribution in [-0.2, 0) is 0 Å². The van der Waals surface area contributed by atoms with Crippen LogP contribution in [-0.4, -0.2) is 23.3 Å².